The number of aromatic nitrogens is 2. The molecule has 6 heteroatoms. The van der Waals surface area contributed by atoms with Crippen LogP contribution in [0.2, 0.25) is 0 Å². The first-order valence-electron chi connectivity index (χ1n) is 8.23. The highest BCUT2D eigenvalue weighted by Crippen LogP contribution is 2.38. The lowest BCUT2D eigenvalue weighted by molar-refractivity contribution is 0.0433. The van der Waals surface area contributed by atoms with Crippen molar-refractivity contribution in [2.45, 2.75) is 65.9 Å². The Hall–Kier alpha value is -2.37. The number of hydrogen-bond acceptors (Lipinski definition) is 6. The molecular formula is C19H26N2O4. The Kier molecular flexibility index (Phi) is 4.93. The highest BCUT2D eigenvalue weighted by molar-refractivity contribution is 5.93. The molecule has 1 aromatic heterocycles. The van der Waals surface area contributed by atoms with Crippen molar-refractivity contribution in [3.8, 4) is 5.75 Å². The van der Waals surface area contributed by atoms with E-state index in [1.54, 1.807) is 13.0 Å². The van der Waals surface area contributed by atoms with Gasteiger partial charge in [-0.25, -0.2) is 4.79 Å². The SMILES string of the molecule is Cc1nnc(COC(=O)c2cc(C(C)(C)C)cc(C(C)(C)C)c2O)o1. The van der Waals surface area contributed by atoms with Gasteiger partial charge in [-0.05, 0) is 22.5 Å². The second-order valence-corrected chi connectivity index (χ2v) is 8.21. The maximum absolute atomic E-state index is 12.5. The van der Waals surface area contributed by atoms with Crippen molar-refractivity contribution in [3.05, 3.63) is 40.6 Å². The second kappa shape index (κ2) is 6.50. The molecule has 1 N–H and O–H groups in total. The number of aryl methyl sites for hydroxylation is 1. The van der Waals surface area contributed by atoms with E-state index in [9.17, 15) is 9.90 Å². The molecule has 0 aliphatic carbocycles. The molecule has 0 radical (unpaired) electrons. The standard InChI is InChI=1S/C19H26N2O4/c1-11-20-21-15(25-11)10-24-17(23)13-8-12(18(2,3)4)9-14(16(13)22)19(5,6)7/h8-9,22H,10H2,1-7H3. The summed E-state index contributed by atoms with van der Waals surface area (Å²) in [5.41, 5.74) is 1.32. The number of phenolic OH excluding ortho intramolecular Hbond substituents is 1. The molecule has 0 atom stereocenters. The van der Waals surface area contributed by atoms with E-state index in [1.165, 1.54) is 0 Å². The van der Waals surface area contributed by atoms with Gasteiger partial charge in [-0.1, -0.05) is 47.6 Å². The summed E-state index contributed by atoms with van der Waals surface area (Å²) in [5, 5.41) is 18.1. The first kappa shape index (κ1) is 19.0. The molecule has 0 spiro atoms. The van der Waals surface area contributed by atoms with E-state index in [4.69, 9.17) is 9.15 Å². The van der Waals surface area contributed by atoms with Crippen molar-refractivity contribution >= 4 is 5.97 Å². The van der Waals surface area contributed by atoms with Gasteiger partial charge in [-0.3, -0.25) is 0 Å². The van der Waals surface area contributed by atoms with Gasteiger partial charge in [0.15, 0.2) is 6.61 Å². The molecule has 6 nitrogen and oxygen atoms in total. The summed E-state index contributed by atoms with van der Waals surface area (Å²) in [6.07, 6.45) is 0. The summed E-state index contributed by atoms with van der Waals surface area (Å²) in [7, 11) is 0. The Morgan fingerprint density at radius 1 is 1.12 bits per heavy atom. The molecule has 0 saturated carbocycles. The van der Waals surface area contributed by atoms with Crippen LogP contribution in [0.4, 0.5) is 0 Å². The Labute approximate surface area is 148 Å². The molecule has 0 saturated heterocycles. The molecule has 2 rings (SSSR count). The number of esters is 1. The Morgan fingerprint density at radius 3 is 2.24 bits per heavy atom. The third-order valence-electron chi connectivity index (χ3n) is 3.90. The summed E-state index contributed by atoms with van der Waals surface area (Å²) in [6.45, 7) is 13.7. The monoisotopic (exact) mass is 346 g/mol. The number of aromatic hydroxyl groups is 1. The third kappa shape index (κ3) is 4.38. The molecule has 1 aromatic carbocycles. The van der Waals surface area contributed by atoms with E-state index in [2.05, 4.69) is 31.0 Å². The summed E-state index contributed by atoms with van der Waals surface area (Å²) in [6, 6.07) is 3.64. The largest absolute Gasteiger partial charge is 0.507 e. The number of carbonyl (C=O) groups is 1. The van der Waals surface area contributed by atoms with E-state index in [0.29, 0.717) is 11.5 Å². The Balaban J connectivity index is 2.39. The predicted octanol–water partition coefficient (Wildman–Crippen LogP) is 4.04. The first-order valence-corrected chi connectivity index (χ1v) is 8.23. The van der Waals surface area contributed by atoms with Gasteiger partial charge in [0.1, 0.15) is 11.3 Å². The molecule has 0 unspecified atom stereocenters. The number of carbonyl (C=O) groups excluding carboxylic acids is 1. The van der Waals surface area contributed by atoms with Gasteiger partial charge in [0, 0.05) is 12.5 Å². The molecule has 0 aliphatic rings. The first-order chi connectivity index (χ1) is 11.4. The highest BCUT2D eigenvalue weighted by atomic mass is 16.5. The van der Waals surface area contributed by atoms with Crippen molar-refractivity contribution in [1.82, 2.24) is 10.2 Å². The second-order valence-electron chi connectivity index (χ2n) is 8.21. The fourth-order valence-electron chi connectivity index (χ4n) is 2.40. The third-order valence-corrected chi connectivity index (χ3v) is 3.90. The zero-order chi connectivity index (χ0) is 19.0. The molecule has 0 bridgehead atoms. The lowest BCUT2D eigenvalue weighted by Crippen LogP contribution is -2.19. The van der Waals surface area contributed by atoms with Gasteiger partial charge >= 0.3 is 5.97 Å². The molecule has 1 heterocycles. The Bertz CT molecular complexity index is 780. The summed E-state index contributed by atoms with van der Waals surface area (Å²) >= 11 is 0. The lowest BCUT2D eigenvalue weighted by Gasteiger charge is -2.27. The van der Waals surface area contributed by atoms with E-state index >= 15 is 0 Å². The Morgan fingerprint density at radius 2 is 1.76 bits per heavy atom. The molecule has 2 aromatic rings. The van der Waals surface area contributed by atoms with Crippen LogP contribution < -0.4 is 0 Å². The average Bonchev–Trinajstić information content (AvgIpc) is 2.88. The summed E-state index contributed by atoms with van der Waals surface area (Å²) in [4.78, 5) is 12.5. The molecule has 0 amide bonds. The van der Waals surface area contributed by atoms with Crippen LogP contribution in [0, 0.1) is 6.92 Å². The normalized spacial score (nSPS) is 12.3. The van der Waals surface area contributed by atoms with Crippen LogP contribution in [0.25, 0.3) is 0 Å². The summed E-state index contributed by atoms with van der Waals surface area (Å²) in [5.74, 6) is -0.0517. The van der Waals surface area contributed by atoms with Crippen LogP contribution in [0.5, 0.6) is 5.75 Å². The van der Waals surface area contributed by atoms with Gasteiger partial charge in [-0.15, -0.1) is 10.2 Å². The predicted molar refractivity (Wildman–Crippen MR) is 93.7 cm³/mol. The molecule has 0 fully saturated rings. The van der Waals surface area contributed by atoms with Gasteiger partial charge in [0.2, 0.25) is 5.89 Å². The fourth-order valence-corrected chi connectivity index (χ4v) is 2.40. The number of rotatable bonds is 3. The van der Waals surface area contributed by atoms with Crippen molar-refractivity contribution in [2.24, 2.45) is 0 Å². The number of nitrogens with zero attached hydrogens (tertiary/aromatic N) is 2. The minimum absolute atomic E-state index is 0.0489. The maximum atomic E-state index is 12.5. The van der Waals surface area contributed by atoms with Crippen molar-refractivity contribution in [1.29, 1.82) is 0 Å². The van der Waals surface area contributed by atoms with E-state index in [0.717, 1.165) is 5.56 Å². The summed E-state index contributed by atoms with van der Waals surface area (Å²) < 4.78 is 10.4. The molecule has 0 aliphatic heterocycles. The number of benzene rings is 1. The molecular weight excluding hydrogens is 320 g/mol. The van der Waals surface area contributed by atoms with Gasteiger partial charge in [0.25, 0.3) is 5.89 Å². The van der Waals surface area contributed by atoms with Gasteiger partial charge in [0.05, 0.1) is 0 Å². The van der Waals surface area contributed by atoms with Crippen LogP contribution in [0.3, 0.4) is 0 Å². The minimum Gasteiger partial charge on any atom is -0.507 e. The zero-order valence-electron chi connectivity index (χ0n) is 15.9. The zero-order valence-corrected chi connectivity index (χ0v) is 15.9. The van der Waals surface area contributed by atoms with Crippen LogP contribution in [0.15, 0.2) is 16.5 Å². The van der Waals surface area contributed by atoms with Crippen LogP contribution in [-0.2, 0) is 22.2 Å². The van der Waals surface area contributed by atoms with Crippen molar-refractivity contribution < 1.29 is 19.1 Å². The van der Waals surface area contributed by atoms with Crippen LogP contribution in [0.1, 0.15) is 74.8 Å². The quantitative estimate of drug-likeness (QED) is 0.844. The van der Waals surface area contributed by atoms with Crippen LogP contribution >= 0.6 is 0 Å². The fraction of sp³-hybridized carbons (Fsp3) is 0.526. The maximum Gasteiger partial charge on any atom is 0.342 e. The number of ether oxygens (including phenoxy) is 1. The van der Waals surface area contributed by atoms with Gasteiger partial charge in [-0.2, -0.15) is 0 Å². The topological polar surface area (TPSA) is 85.5 Å². The highest BCUT2D eigenvalue weighted by Gasteiger charge is 2.28. The lowest BCUT2D eigenvalue weighted by atomic mass is 9.79. The van der Waals surface area contributed by atoms with E-state index in [1.807, 2.05) is 26.8 Å². The van der Waals surface area contributed by atoms with E-state index < -0.39 is 5.97 Å². The van der Waals surface area contributed by atoms with Gasteiger partial charge < -0.3 is 14.3 Å². The van der Waals surface area contributed by atoms with E-state index in [-0.39, 0.29) is 34.6 Å². The number of hydrogen-bond donors (Lipinski definition) is 1. The molecule has 136 valence electrons. The molecule has 25 heavy (non-hydrogen) atoms. The average molecular weight is 346 g/mol. The van der Waals surface area contributed by atoms with Crippen LogP contribution in [-0.4, -0.2) is 21.3 Å². The van der Waals surface area contributed by atoms with Crippen molar-refractivity contribution in [2.75, 3.05) is 0 Å². The smallest absolute Gasteiger partial charge is 0.342 e. The number of phenols is 1. The van der Waals surface area contributed by atoms with Crippen molar-refractivity contribution in [3.63, 3.8) is 0 Å². The minimum atomic E-state index is -0.620.